The molecule has 0 bridgehead atoms. The molecule has 30 heavy (non-hydrogen) atoms. The highest BCUT2D eigenvalue weighted by molar-refractivity contribution is 5.82. The molecule has 0 saturated heterocycles. The second-order valence-corrected chi connectivity index (χ2v) is 6.85. The molecule has 0 radical (unpaired) electrons. The Balaban J connectivity index is 1.35. The number of hydrogen-bond donors (Lipinski definition) is 1. The predicted octanol–water partition coefficient (Wildman–Crippen LogP) is 3.45. The summed E-state index contributed by atoms with van der Waals surface area (Å²) in [6.07, 6.45) is 1.73. The molecular weight excluding hydrogens is 382 g/mol. The quantitative estimate of drug-likeness (QED) is 0.511. The van der Waals surface area contributed by atoms with Crippen LogP contribution in [0.4, 0.5) is 0 Å². The monoisotopic (exact) mass is 403 g/mol. The molecule has 7 heteroatoms. The minimum Gasteiger partial charge on any atom is -0.487 e. The number of para-hydroxylation sites is 2. The molecule has 7 nitrogen and oxygen atoms in total. The first-order valence-electron chi connectivity index (χ1n) is 9.61. The van der Waals surface area contributed by atoms with E-state index in [-0.39, 0.29) is 5.91 Å². The maximum atomic E-state index is 12.6. The molecule has 0 fully saturated rings. The number of carbonyl (C=O) groups excluding carboxylic acids is 1. The van der Waals surface area contributed by atoms with Crippen molar-refractivity contribution in [2.45, 2.75) is 26.1 Å². The Morgan fingerprint density at radius 3 is 2.63 bits per heavy atom. The van der Waals surface area contributed by atoms with Crippen LogP contribution in [0, 0.1) is 0 Å². The molecule has 1 unspecified atom stereocenters. The zero-order chi connectivity index (χ0) is 20.9. The number of hydrogen-bond acceptors (Lipinski definition) is 5. The first-order valence-corrected chi connectivity index (χ1v) is 9.61. The maximum absolute atomic E-state index is 12.6. The van der Waals surface area contributed by atoms with Gasteiger partial charge in [-0.1, -0.05) is 30.3 Å². The third-order valence-corrected chi connectivity index (χ3v) is 4.79. The van der Waals surface area contributed by atoms with Crippen molar-refractivity contribution in [2.75, 3.05) is 0 Å². The number of carbonyl (C=O) groups is 1. The van der Waals surface area contributed by atoms with Crippen LogP contribution in [-0.2, 0) is 17.9 Å². The zero-order valence-electron chi connectivity index (χ0n) is 16.4. The second kappa shape index (κ2) is 8.65. The number of oxazole rings is 1. The standard InChI is InChI=1S/C23H21N3O4/c1-16(26-20-7-2-3-8-21(20)30-23(26)28)22(27)25-14-17-9-11-19(12-10-17)29-15-18-6-4-5-13-24-18/h2-13,16H,14-15H2,1H3,(H,25,27). The molecule has 2 heterocycles. The molecule has 4 rings (SSSR count). The highest BCUT2D eigenvalue weighted by Crippen LogP contribution is 2.17. The molecule has 0 aliphatic heterocycles. The number of nitrogens with zero attached hydrogens (tertiary/aromatic N) is 2. The van der Waals surface area contributed by atoms with Crippen LogP contribution in [0.3, 0.4) is 0 Å². The van der Waals surface area contributed by atoms with Crippen LogP contribution in [-0.4, -0.2) is 15.5 Å². The summed E-state index contributed by atoms with van der Waals surface area (Å²) >= 11 is 0. The number of amides is 1. The summed E-state index contributed by atoms with van der Waals surface area (Å²) in [7, 11) is 0. The predicted molar refractivity (Wildman–Crippen MR) is 112 cm³/mol. The normalized spacial score (nSPS) is 11.9. The van der Waals surface area contributed by atoms with Gasteiger partial charge in [-0.25, -0.2) is 4.79 Å². The lowest BCUT2D eigenvalue weighted by Gasteiger charge is -2.13. The van der Waals surface area contributed by atoms with Gasteiger partial charge in [-0.15, -0.1) is 0 Å². The van der Waals surface area contributed by atoms with E-state index in [1.807, 2.05) is 42.5 Å². The van der Waals surface area contributed by atoms with Gasteiger partial charge in [0, 0.05) is 12.7 Å². The van der Waals surface area contributed by atoms with Crippen molar-refractivity contribution in [3.63, 3.8) is 0 Å². The third kappa shape index (κ3) is 4.25. The molecule has 152 valence electrons. The van der Waals surface area contributed by atoms with Crippen molar-refractivity contribution in [1.82, 2.24) is 14.9 Å². The number of aromatic nitrogens is 2. The van der Waals surface area contributed by atoms with Gasteiger partial charge < -0.3 is 14.5 Å². The first-order chi connectivity index (χ1) is 14.6. The number of pyridine rings is 1. The van der Waals surface area contributed by atoms with Crippen molar-refractivity contribution in [1.29, 1.82) is 0 Å². The summed E-state index contributed by atoms with van der Waals surface area (Å²) < 4.78 is 12.3. The third-order valence-electron chi connectivity index (χ3n) is 4.79. The van der Waals surface area contributed by atoms with E-state index in [2.05, 4.69) is 10.3 Å². The van der Waals surface area contributed by atoms with E-state index in [4.69, 9.17) is 9.15 Å². The number of fused-ring (bicyclic) bond motifs is 1. The van der Waals surface area contributed by atoms with E-state index >= 15 is 0 Å². The van der Waals surface area contributed by atoms with Gasteiger partial charge in [-0.2, -0.15) is 0 Å². The minimum absolute atomic E-state index is 0.265. The number of ether oxygens (including phenoxy) is 1. The Kier molecular flexibility index (Phi) is 5.61. The Labute approximate surface area is 172 Å². The molecule has 1 amide bonds. The molecule has 0 aliphatic carbocycles. The van der Waals surface area contributed by atoms with Gasteiger partial charge in [-0.3, -0.25) is 14.3 Å². The zero-order valence-corrected chi connectivity index (χ0v) is 16.4. The van der Waals surface area contributed by atoms with Crippen LogP contribution in [0.2, 0.25) is 0 Å². The van der Waals surface area contributed by atoms with E-state index < -0.39 is 11.8 Å². The smallest absolute Gasteiger partial charge is 0.420 e. The van der Waals surface area contributed by atoms with Gasteiger partial charge in [0.1, 0.15) is 18.4 Å². The fraction of sp³-hybridized carbons (Fsp3) is 0.174. The summed E-state index contributed by atoms with van der Waals surface area (Å²) in [6.45, 7) is 2.41. The van der Waals surface area contributed by atoms with E-state index in [1.165, 1.54) is 4.57 Å². The van der Waals surface area contributed by atoms with E-state index in [1.54, 1.807) is 37.4 Å². The minimum atomic E-state index is -0.692. The van der Waals surface area contributed by atoms with E-state index in [0.29, 0.717) is 24.3 Å². The lowest BCUT2D eigenvalue weighted by Crippen LogP contribution is -2.34. The van der Waals surface area contributed by atoms with Gasteiger partial charge in [-0.05, 0) is 48.9 Å². The molecular formula is C23H21N3O4. The number of benzene rings is 2. The van der Waals surface area contributed by atoms with Crippen LogP contribution >= 0.6 is 0 Å². The molecule has 0 spiro atoms. The lowest BCUT2D eigenvalue weighted by atomic mass is 10.2. The summed E-state index contributed by atoms with van der Waals surface area (Å²) in [5.41, 5.74) is 2.83. The highest BCUT2D eigenvalue weighted by atomic mass is 16.5. The van der Waals surface area contributed by atoms with Crippen LogP contribution < -0.4 is 15.8 Å². The molecule has 2 aromatic carbocycles. The fourth-order valence-electron chi connectivity index (χ4n) is 3.15. The molecule has 1 N–H and O–H groups in total. The van der Waals surface area contributed by atoms with Gasteiger partial charge >= 0.3 is 5.76 Å². The molecule has 2 aromatic heterocycles. The van der Waals surface area contributed by atoms with Crippen molar-refractivity contribution in [3.05, 3.63) is 94.7 Å². The van der Waals surface area contributed by atoms with Crippen LogP contribution in [0.5, 0.6) is 5.75 Å². The Hall–Kier alpha value is -3.87. The molecule has 0 saturated carbocycles. The molecule has 4 aromatic rings. The molecule has 1 atom stereocenters. The highest BCUT2D eigenvalue weighted by Gasteiger charge is 2.20. The lowest BCUT2D eigenvalue weighted by molar-refractivity contribution is -0.124. The Morgan fingerprint density at radius 1 is 1.10 bits per heavy atom. The summed E-state index contributed by atoms with van der Waals surface area (Å²) in [5.74, 6) is -0.0899. The topological polar surface area (TPSA) is 86.4 Å². The van der Waals surface area contributed by atoms with Crippen molar-refractivity contribution < 1.29 is 13.9 Å². The molecule has 0 aliphatic rings. The number of rotatable bonds is 7. The summed E-state index contributed by atoms with van der Waals surface area (Å²) in [5, 5.41) is 2.87. The summed E-state index contributed by atoms with van der Waals surface area (Å²) in [6, 6.07) is 19.5. The average Bonchev–Trinajstić information content (AvgIpc) is 3.12. The van der Waals surface area contributed by atoms with Crippen molar-refractivity contribution in [3.8, 4) is 5.75 Å². The Bertz CT molecular complexity index is 1200. The van der Waals surface area contributed by atoms with Gasteiger partial charge in [0.25, 0.3) is 0 Å². The largest absolute Gasteiger partial charge is 0.487 e. The number of nitrogens with one attached hydrogen (secondary N) is 1. The van der Waals surface area contributed by atoms with Gasteiger partial charge in [0.2, 0.25) is 5.91 Å². The van der Waals surface area contributed by atoms with Crippen LogP contribution in [0.25, 0.3) is 11.1 Å². The van der Waals surface area contributed by atoms with Gasteiger partial charge in [0.15, 0.2) is 5.58 Å². The Morgan fingerprint density at radius 2 is 1.87 bits per heavy atom. The second-order valence-electron chi connectivity index (χ2n) is 6.85. The van der Waals surface area contributed by atoms with E-state index in [0.717, 1.165) is 17.0 Å². The SMILES string of the molecule is CC(C(=O)NCc1ccc(OCc2ccccn2)cc1)n1c(=O)oc2ccccc21. The van der Waals surface area contributed by atoms with Crippen LogP contribution in [0.1, 0.15) is 24.2 Å². The average molecular weight is 403 g/mol. The fourth-order valence-corrected chi connectivity index (χ4v) is 3.15. The van der Waals surface area contributed by atoms with Crippen LogP contribution in [0.15, 0.2) is 82.1 Å². The van der Waals surface area contributed by atoms with Crippen molar-refractivity contribution in [2.24, 2.45) is 0 Å². The first kappa shape index (κ1) is 19.4. The maximum Gasteiger partial charge on any atom is 0.420 e. The summed E-state index contributed by atoms with van der Waals surface area (Å²) in [4.78, 5) is 29.0. The van der Waals surface area contributed by atoms with Crippen molar-refractivity contribution >= 4 is 17.0 Å². The van der Waals surface area contributed by atoms with E-state index in [9.17, 15) is 9.59 Å². The van der Waals surface area contributed by atoms with Gasteiger partial charge in [0.05, 0.1) is 11.2 Å².